The number of hydrogen-bond acceptors (Lipinski definition) is 5. The maximum Gasteiger partial charge on any atom is 0.268 e. The van der Waals surface area contributed by atoms with Gasteiger partial charge in [-0.25, -0.2) is 0 Å². The zero-order chi connectivity index (χ0) is 17.2. The third kappa shape index (κ3) is 3.33. The summed E-state index contributed by atoms with van der Waals surface area (Å²) in [6, 6.07) is 10.7. The number of nitrogens with one attached hydrogen (secondary N) is 1. The van der Waals surface area contributed by atoms with Gasteiger partial charge in [0.1, 0.15) is 40.4 Å². The van der Waals surface area contributed by atoms with Crippen molar-refractivity contribution >= 4 is 5.82 Å². The van der Waals surface area contributed by atoms with Crippen LogP contribution in [0.25, 0.3) is 11.1 Å². The molecule has 116 valence electrons. The molecule has 0 saturated heterocycles. The number of nitrogen functional groups attached to an aromatic ring is 1. The summed E-state index contributed by atoms with van der Waals surface area (Å²) in [5.74, 6) is 0.510. The Labute approximate surface area is 133 Å². The Kier molecular flexibility index (Phi) is 4.11. The highest BCUT2D eigenvalue weighted by atomic mass is 16.5. The van der Waals surface area contributed by atoms with Crippen molar-refractivity contribution in [1.82, 2.24) is 4.98 Å². The molecule has 0 aliphatic heterocycles. The van der Waals surface area contributed by atoms with Gasteiger partial charge < -0.3 is 15.5 Å². The first kappa shape index (κ1) is 16.1. The molecule has 1 heterocycles. The summed E-state index contributed by atoms with van der Waals surface area (Å²) in [6.45, 7) is 5.73. The highest BCUT2D eigenvalue weighted by Gasteiger charge is 2.19. The van der Waals surface area contributed by atoms with Crippen molar-refractivity contribution in [3.05, 3.63) is 45.7 Å². The topological polar surface area (TPSA) is 116 Å². The third-order valence-electron chi connectivity index (χ3n) is 3.01. The molecule has 0 aliphatic rings. The normalized spacial score (nSPS) is 10.7. The van der Waals surface area contributed by atoms with Gasteiger partial charge in [0, 0.05) is 5.56 Å². The van der Waals surface area contributed by atoms with E-state index in [0.717, 1.165) is 0 Å². The minimum Gasteiger partial charge on any atom is -0.488 e. The average molecular weight is 308 g/mol. The Morgan fingerprint density at radius 2 is 1.83 bits per heavy atom. The van der Waals surface area contributed by atoms with Gasteiger partial charge in [-0.2, -0.15) is 10.5 Å². The van der Waals surface area contributed by atoms with Crippen LogP contribution < -0.4 is 16.0 Å². The van der Waals surface area contributed by atoms with E-state index in [-0.39, 0.29) is 22.5 Å². The van der Waals surface area contributed by atoms with Crippen LogP contribution in [-0.2, 0) is 0 Å². The van der Waals surface area contributed by atoms with Crippen LogP contribution in [0.1, 0.15) is 31.9 Å². The van der Waals surface area contributed by atoms with Gasteiger partial charge in [0.15, 0.2) is 0 Å². The van der Waals surface area contributed by atoms with E-state index in [1.165, 1.54) is 0 Å². The Bertz CT molecular complexity index is 893. The van der Waals surface area contributed by atoms with E-state index in [1.54, 1.807) is 24.3 Å². The fourth-order valence-corrected chi connectivity index (χ4v) is 2.20. The van der Waals surface area contributed by atoms with Gasteiger partial charge >= 0.3 is 0 Å². The second-order valence-corrected chi connectivity index (χ2v) is 5.96. The first-order valence-electron chi connectivity index (χ1n) is 6.92. The summed E-state index contributed by atoms with van der Waals surface area (Å²) in [5, 5.41) is 18.6. The van der Waals surface area contributed by atoms with Gasteiger partial charge in [-0.1, -0.05) is 12.1 Å². The molecule has 0 aliphatic carbocycles. The predicted octanol–water partition coefficient (Wildman–Crippen LogP) is 2.54. The minimum atomic E-state index is -0.624. The molecule has 6 heteroatoms. The number of aromatic amines is 1. The lowest BCUT2D eigenvalue weighted by molar-refractivity contribution is 0.131. The van der Waals surface area contributed by atoms with E-state index in [1.807, 2.05) is 32.9 Å². The summed E-state index contributed by atoms with van der Waals surface area (Å²) in [7, 11) is 0. The second-order valence-electron chi connectivity index (χ2n) is 5.96. The van der Waals surface area contributed by atoms with Crippen molar-refractivity contribution < 1.29 is 4.74 Å². The monoisotopic (exact) mass is 308 g/mol. The van der Waals surface area contributed by atoms with Crippen LogP contribution in [0.5, 0.6) is 5.75 Å². The summed E-state index contributed by atoms with van der Waals surface area (Å²) < 4.78 is 5.79. The number of anilines is 1. The Hall–Kier alpha value is -3.25. The standard InChI is InChI=1S/C17H16N4O2/c1-17(2,3)23-11-6-4-5-10(7-11)14-12(8-18)15(20)21-16(22)13(14)9-19/h4-7H,1-3H3,(H3,20,21,22). The first-order valence-corrected chi connectivity index (χ1v) is 6.92. The molecule has 0 bridgehead atoms. The number of H-pyrrole nitrogens is 1. The van der Waals surface area contributed by atoms with Crippen molar-refractivity contribution in [3.8, 4) is 29.0 Å². The highest BCUT2D eigenvalue weighted by molar-refractivity contribution is 5.80. The molecule has 3 N–H and O–H groups in total. The zero-order valence-corrected chi connectivity index (χ0v) is 13.1. The van der Waals surface area contributed by atoms with Crippen LogP contribution >= 0.6 is 0 Å². The molecule has 0 fully saturated rings. The predicted molar refractivity (Wildman–Crippen MR) is 86.7 cm³/mol. The molecule has 0 spiro atoms. The summed E-state index contributed by atoms with van der Waals surface area (Å²) in [4.78, 5) is 14.3. The first-order chi connectivity index (χ1) is 10.8. The van der Waals surface area contributed by atoms with Crippen LogP contribution in [-0.4, -0.2) is 10.6 Å². The van der Waals surface area contributed by atoms with Gasteiger partial charge in [0.05, 0.1) is 0 Å². The van der Waals surface area contributed by atoms with Crippen molar-refractivity contribution in [2.75, 3.05) is 5.73 Å². The van der Waals surface area contributed by atoms with Crippen molar-refractivity contribution in [2.45, 2.75) is 26.4 Å². The van der Waals surface area contributed by atoms with Crippen molar-refractivity contribution in [2.24, 2.45) is 0 Å². The molecule has 0 atom stereocenters. The van der Waals surface area contributed by atoms with Crippen LogP contribution in [0.15, 0.2) is 29.1 Å². The molecule has 23 heavy (non-hydrogen) atoms. The quantitative estimate of drug-likeness (QED) is 0.884. The smallest absolute Gasteiger partial charge is 0.268 e. The lowest BCUT2D eigenvalue weighted by Gasteiger charge is -2.21. The van der Waals surface area contributed by atoms with E-state index >= 15 is 0 Å². The van der Waals surface area contributed by atoms with Gasteiger partial charge in [-0.15, -0.1) is 0 Å². The van der Waals surface area contributed by atoms with Gasteiger partial charge in [-0.05, 0) is 38.5 Å². The number of aromatic nitrogens is 1. The van der Waals surface area contributed by atoms with E-state index in [2.05, 4.69) is 4.98 Å². The van der Waals surface area contributed by atoms with Crippen molar-refractivity contribution in [3.63, 3.8) is 0 Å². The van der Waals surface area contributed by atoms with Gasteiger partial charge in [0.2, 0.25) is 0 Å². The van der Waals surface area contributed by atoms with E-state index < -0.39 is 11.2 Å². The zero-order valence-electron chi connectivity index (χ0n) is 13.1. The third-order valence-corrected chi connectivity index (χ3v) is 3.01. The maximum absolute atomic E-state index is 11.9. The number of ether oxygens (including phenoxy) is 1. The number of pyridine rings is 1. The largest absolute Gasteiger partial charge is 0.488 e. The van der Waals surface area contributed by atoms with E-state index in [9.17, 15) is 15.3 Å². The van der Waals surface area contributed by atoms with Gasteiger partial charge in [0.25, 0.3) is 5.56 Å². The molecule has 2 rings (SSSR count). The van der Waals surface area contributed by atoms with Crippen LogP contribution in [0, 0.1) is 22.7 Å². The fourth-order valence-electron chi connectivity index (χ4n) is 2.20. The molecular weight excluding hydrogens is 292 g/mol. The number of rotatable bonds is 2. The van der Waals surface area contributed by atoms with Gasteiger partial charge in [-0.3, -0.25) is 4.79 Å². The molecule has 0 radical (unpaired) electrons. The molecule has 6 nitrogen and oxygen atoms in total. The summed E-state index contributed by atoms with van der Waals surface area (Å²) >= 11 is 0. The Morgan fingerprint density at radius 1 is 1.17 bits per heavy atom. The molecule has 1 aromatic carbocycles. The Balaban J connectivity index is 2.73. The number of nitrogens with two attached hydrogens (primary N) is 1. The number of benzene rings is 1. The van der Waals surface area contributed by atoms with E-state index in [4.69, 9.17) is 10.5 Å². The highest BCUT2D eigenvalue weighted by Crippen LogP contribution is 2.31. The average Bonchev–Trinajstić information content (AvgIpc) is 2.45. The van der Waals surface area contributed by atoms with Crippen LogP contribution in [0.2, 0.25) is 0 Å². The summed E-state index contributed by atoms with van der Waals surface area (Å²) in [5.41, 5.74) is 5.35. The SMILES string of the molecule is CC(C)(C)Oc1cccc(-c2c(C#N)c(N)[nH]c(=O)c2C#N)c1. The minimum absolute atomic E-state index is 0.0614. The molecule has 1 aromatic heterocycles. The fraction of sp³-hybridized carbons (Fsp3) is 0.235. The molecule has 2 aromatic rings. The second kappa shape index (κ2) is 5.86. The summed E-state index contributed by atoms with van der Waals surface area (Å²) in [6.07, 6.45) is 0. The molecule has 0 saturated carbocycles. The van der Waals surface area contributed by atoms with Crippen molar-refractivity contribution in [1.29, 1.82) is 10.5 Å². The lowest BCUT2D eigenvalue weighted by atomic mass is 9.96. The van der Waals surface area contributed by atoms with Crippen LogP contribution in [0.4, 0.5) is 5.82 Å². The molecular formula is C17H16N4O2. The van der Waals surface area contributed by atoms with Crippen LogP contribution in [0.3, 0.4) is 0 Å². The number of hydrogen-bond donors (Lipinski definition) is 2. The van der Waals surface area contributed by atoms with E-state index in [0.29, 0.717) is 11.3 Å². The maximum atomic E-state index is 11.9. The molecule has 0 unspecified atom stereocenters. The number of nitrogens with zero attached hydrogens (tertiary/aromatic N) is 2. The number of nitriles is 2. The lowest BCUT2D eigenvalue weighted by Crippen LogP contribution is -2.23. The molecule has 0 amide bonds. The Morgan fingerprint density at radius 3 is 2.39 bits per heavy atom.